The van der Waals surface area contributed by atoms with Gasteiger partial charge in [0.2, 0.25) is 0 Å². The molecule has 0 fully saturated rings. The molecule has 3 aromatic rings. The lowest BCUT2D eigenvalue weighted by Crippen LogP contribution is -2.30. The highest BCUT2D eigenvalue weighted by molar-refractivity contribution is 6.04. The molecule has 0 atom stereocenters. The maximum Gasteiger partial charge on any atom is 0.275 e. The van der Waals surface area contributed by atoms with Crippen molar-refractivity contribution in [1.29, 1.82) is 0 Å². The monoisotopic (exact) mass is 340 g/mol. The Morgan fingerprint density at radius 2 is 2.12 bits per heavy atom. The van der Waals surface area contributed by atoms with Gasteiger partial charge in [0.25, 0.3) is 5.91 Å². The number of methoxy groups -OCH3 is 2. The zero-order valence-corrected chi connectivity index (χ0v) is 14.4. The fourth-order valence-corrected chi connectivity index (χ4v) is 2.61. The summed E-state index contributed by atoms with van der Waals surface area (Å²) in [5.41, 5.74) is 2.04. The summed E-state index contributed by atoms with van der Waals surface area (Å²) >= 11 is 0. The molecule has 130 valence electrons. The van der Waals surface area contributed by atoms with Crippen molar-refractivity contribution < 1.29 is 14.3 Å². The number of rotatable bonds is 6. The summed E-state index contributed by atoms with van der Waals surface area (Å²) in [6.45, 7) is 0.323. The highest BCUT2D eigenvalue weighted by Crippen LogP contribution is 2.28. The van der Waals surface area contributed by atoms with Crippen LogP contribution in [0.5, 0.6) is 11.5 Å². The molecule has 3 rings (SSSR count). The van der Waals surface area contributed by atoms with E-state index >= 15 is 0 Å². The van der Waals surface area contributed by atoms with Gasteiger partial charge in [0.15, 0.2) is 0 Å². The second-order valence-corrected chi connectivity index (χ2v) is 5.53. The summed E-state index contributed by atoms with van der Waals surface area (Å²) in [5, 5.41) is 4.18. The van der Waals surface area contributed by atoms with Crippen molar-refractivity contribution in [3.63, 3.8) is 0 Å². The van der Waals surface area contributed by atoms with Crippen LogP contribution in [0.3, 0.4) is 0 Å². The average Bonchev–Trinajstić information content (AvgIpc) is 3.30. The van der Waals surface area contributed by atoms with Crippen molar-refractivity contribution in [2.24, 2.45) is 7.05 Å². The largest absolute Gasteiger partial charge is 0.497 e. The normalized spacial score (nSPS) is 10.5. The van der Waals surface area contributed by atoms with Crippen molar-refractivity contribution in [2.75, 3.05) is 19.1 Å². The van der Waals surface area contributed by atoms with Crippen LogP contribution in [-0.4, -0.2) is 34.9 Å². The molecule has 2 heterocycles. The Bertz CT molecular complexity index is 855. The van der Waals surface area contributed by atoms with E-state index in [4.69, 9.17) is 9.47 Å². The molecule has 1 aromatic carbocycles. The number of benzene rings is 1. The summed E-state index contributed by atoms with van der Waals surface area (Å²) in [5.74, 6) is 1.24. The SMILES string of the molecule is COc1ccc(OC)c(CN(C(=O)c2ccc[nH]2)c2cnn(C)c2)c1. The molecule has 1 amide bonds. The van der Waals surface area contributed by atoms with E-state index in [1.165, 1.54) is 0 Å². The summed E-state index contributed by atoms with van der Waals surface area (Å²) in [4.78, 5) is 17.6. The Kier molecular flexibility index (Phi) is 4.74. The van der Waals surface area contributed by atoms with Crippen molar-refractivity contribution in [1.82, 2.24) is 14.8 Å². The maximum atomic E-state index is 13.0. The Balaban J connectivity index is 1.99. The second kappa shape index (κ2) is 7.12. The molecule has 0 unspecified atom stereocenters. The van der Waals surface area contributed by atoms with E-state index in [-0.39, 0.29) is 5.91 Å². The number of hydrogen-bond acceptors (Lipinski definition) is 4. The summed E-state index contributed by atoms with van der Waals surface area (Å²) in [6, 6.07) is 9.05. The highest BCUT2D eigenvalue weighted by Gasteiger charge is 2.22. The predicted octanol–water partition coefficient (Wildman–Crippen LogP) is 2.61. The van der Waals surface area contributed by atoms with Crippen LogP contribution in [0.2, 0.25) is 0 Å². The molecule has 1 N–H and O–H groups in total. The Labute approximate surface area is 145 Å². The van der Waals surface area contributed by atoms with Crippen LogP contribution >= 0.6 is 0 Å². The first-order chi connectivity index (χ1) is 12.1. The fourth-order valence-electron chi connectivity index (χ4n) is 2.61. The lowest BCUT2D eigenvalue weighted by atomic mass is 10.1. The number of aryl methyl sites for hydroxylation is 1. The number of anilines is 1. The minimum atomic E-state index is -0.150. The van der Waals surface area contributed by atoms with Gasteiger partial charge in [-0.25, -0.2) is 0 Å². The number of aromatic amines is 1. The molecule has 0 saturated carbocycles. The number of aromatic nitrogens is 3. The number of carbonyl (C=O) groups is 1. The van der Waals surface area contributed by atoms with Gasteiger partial charge < -0.3 is 14.5 Å². The zero-order valence-electron chi connectivity index (χ0n) is 14.4. The van der Waals surface area contributed by atoms with Gasteiger partial charge in [0, 0.05) is 25.0 Å². The molecule has 25 heavy (non-hydrogen) atoms. The second-order valence-electron chi connectivity index (χ2n) is 5.53. The molecule has 0 radical (unpaired) electrons. The van der Waals surface area contributed by atoms with Gasteiger partial charge in [-0.05, 0) is 30.3 Å². The highest BCUT2D eigenvalue weighted by atomic mass is 16.5. The first-order valence-electron chi connectivity index (χ1n) is 7.77. The van der Waals surface area contributed by atoms with Crippen LogP contribution in [0, 0.1) is 0 Å². The Morgan fingerprint density at radius 1 is 1.28 bits per heavy atom. The fraction of sp³-hybridized carbons (Fsp3) is 0.222. The van der Waals surface area contributed by atoms with Gasteiger partial charge in [0.05, 0.1) is 32.6 Å². The topological polar surface area (TPSA) is 72.4 Å². The molecule has 0 aliphatic carbocycles. The minimum absolute atomic E-state index is 0.150. The van der Waals surface area contributed by atoms with Crippen molar-refractivity contribution in [3.05, 3.63) is 60.2 Å². The molecular formula is C18H20N4O3. The maximum absolute atomic E-state index is 13.0. The van der Waals surface area contributed by atoms with Crippen LogP contribution in [0.15, 0.2) is 48.9 Å². The van der Waals surface area contributed by atoms with Crippen LogP contribution in [0.4, 0.5) is 5.69 Å². The molecule has 2 aromatic heterocycles. The molecule has 7 heteroatoms. The lowest BCUT2D eigenvalue weighted by molar-refractivity contribution is 0.0980. The first kappa shape index (κ1) is 16.6. The number of nitrogens with zero attached hydrogens (tertiary/aromatic N) is 3. The van der Waals surface area contributed by atoms with E-state index in [2.05, 4.69) is 10.1 Å². The number of ether oxygens (including phenoxy) is 2. The van der Waals surface area contributed by atoms with E-state index in [0.29, 0.717) is 29.4 Å². The molecule has 0 aliphatic rings. The van der Waals surface area contributed by atoms with Gasteiger partial charge in [-0.3, -0.25) is 14.4 Å². The third kappa shape index (κ3) is 3.50. The number of nitrogens with one attached hydrogen (secondary N) is 1. The molecular weight excluding hydrogens is 320 g/mol. The molecule has 0 bridgehead atoms. The summed E-state index contributed by atoms with van der Waals surface area (Å²) in [6.07, 6.45) is 5.18. The quantitative estimate of drug-likeness (QED) is 0.749. The first-order valence-corrected chi connectivity index (χ1v) is 7.77. The lowest BCUT2D eigenvalue weighted by Gasteiger charge is -2.22. The van der Waals surface area contributed by atoms with Crippen molar-refractivity contribution >= 4 is 11.6 Å². The number of amides is 1. The van der Waals surface area contributed by atoms with Gasteiger partial charge in [-0.15, -0.1) is 0 Å². The van der Waals surface area contributed by atoms with Crippen LogP contribution in [0.1, 0.15) is 16.1 Å². The van der Waals surface area contributed by atoms with E-state index < -0.39 is 0 Å². The summed E-state index contributed by atoms with van der Waals surface area (Å²) < 4.78 is 12.4. The average molecular weight is 340 g/mol. The molecule has 0 saturated heterocycles. The molecule has 0 spiro atoms. The van der Waals surface area contributed by atoms with E-state index in [1.54, 1.807) is 54.5 Å². The number of H-pyrrole nitrogens is 1. The van der Waals surface area contributed by atoms with Gasteiger partial charge in [-0.1, -0.05) is 0 Å². The van der Waals surface area contributed by atoms with Crippen molar-refractivity contribution in [2.45, 2.75) is 6.54 Å². The number of hydrogen-bond donors (Lipinski definition) is 1. The predicted molar refractivity (Wildman–Crippen MR) is 94.1 cm³/mol. The minimum Gasteiger partial charge on any atom is -0.497 e. The zero-order chi connectivity index (χ0) is 17.8. The Hall–Kier alpha value is -3.22. The van der Waals surface area contributed by atoms with E-state index in [9.17, 15) is 4.79 Å². The molecule has 0 aliphatic heterocycles. The van der Waals surface area contributed by atoms with Crippen LogP contribution < -0.4 is 14.4 Å². The smallest absolute Gasteiger partial charge is 0.275 e. The Morgan fingerprint density at radius 3 is 2.72 bits per heavy atom. The van der Waals surface area contributed by atoms with E-state index in [1.807, 2.05) is 25.2 Å². The van der Waals surface area contributed by atoms with Gasteiger partial charge in [0.1, 0.15) is 17.2 Å². The molecule has 7 nitrogen and oxygen atoms in total. The summed E-state index contributed by atoms with van der Waals surface area (Å²) in [7, 11) is 5.02. The standard InChI is InChI=1S/C18H20N4O3/c1-21-12-14(10-20-21)22(18(23)16-5-4-8-19-16)11-13-9-15(24-2)6-7-17(13)25-3/h4-10,12,19H,11H2,1-3H3. The van der Waals surface area contributed by atoms with E-state index in [0.717, 1.165) is 5.56 Å². The third-order valence-corrected chi connectivity index (χ3v) is 3.89. The van der Waals surface area contributed by atoms with Crippen LogP contribution in [-0.2, 0) is 13.6 Å². The number of carbonyl (C=O) groups excluding carboxylic acids is 1. The van der Waals surface area contributed by atoms with Gasteiger partial charge >= 0.3 is 0 Å². The van der Waals surface area contributed by atoms with Crippen LogP contribution in [0.25, 0.3) is 0 Å². The van der Waals surface area contributed by atoms with Gasteiger partial charge in [-0.2, -0.15) is 5.10 Å². The third-order valence-electron chi connectivity index (χ3n) is 3.89. The van der Waals surface area contributed by atoms with Crippen molar-refractivity contribution in [3.8, 4) is 11.5 Å².